The van der Waals surface area contributed by atoms with Crippen molar-refractivity contribution in [3.63, 3.8) is 0 Å². The van der Waals surface area contributed by atoms with Gasteiger partial charge in [0.15, 0.2) is 11.6 Å². The van der Waals surface area contributed by atoms with Gasteiger partial charge in [-0.2, -0.15) is 5.10 Å². The van der Waals surface area contributed by atoms with Crippen molar-refractivity contribution >= 4 is 11.6 Å². The lowest BCUT2D eigenvalue weighted by Gasteiger charge is -2.22. The fourth-order valence-corrected chi connectivity index (χ4v) is 3.04. The molecule has 21 heavy (non-hydrogen) atoms. The van der Waals surface area contributed by atoms with Crippen LogP contribution in [0.3, 0.4) is 0 Å². The zero-order valence-electron chi connectivity index (χ0n) is 12.3. The van der Waals surface area contributed by atoms with Crippen LogP contribution < -0.4 is 0 Å². The highest BCUT2D eigenvalue weighted by Gasteiger charge is 2.34. The number of carbonyl (C=O) groups excluding carboxylic acids is 2. The van der Waals surface area contributed by atoms with E-state index in [1.165, 1.54) is 0 Å². The number of rotatable bonds is 3. The minimum Gasteiger partial charge on any atom is -0.293 e. The highest BCUT2D eigenvalue weighted by atomic mass is 16.2. The van der Waals surface area contributed by atoms with E-state index < -0.39 is 5.92 Å². The maximum absolute atomic E-state index is 12.7. The van der Waals surface area contributed by atoms with Crippen LogP contribution in [0.25, 0.3) is 0 Å². The summed E-state index contributed by atoms with van der Waals surface area (Å²) in [5, 5.41) is 4.30. The van der Waals surface area contributed by atoms with E-state index in [1.54, 1.807) is 17.9 Å². The smallest absolute Gasteiger partial charge is 0.177 e. The van der Waals surface area contributed by atoms with Gasteiger partial charge in [0.25, 0.3) is 0 Å². The summed E-state index contributed by atoms with van der Waals surface area (Å²) in [6.07, 6.45) is 3.79. The van der Waals surface area contributed by atoms with Crippen molar-refractivity contribution in [1.82, 2.24) is 9.78 Å². The lowest BCUT2D eigenvalue weighted by atomic mass is 9.79. The van der Waals surface area contributed by atoms with Gasteiger partial charge >= 0.3 is 0 Å². The lowest BCUT2D eigenvalue weighted by molar-refractivity contribution is 0.0790. The lowest BCUT2D eigenvalue weighted by Crippen LogP contribution is -2.29. The van der Waals surface area contributed by atoms with Gasteiger partial charge < -0.3 is 0 Å². The van der Waals surface area contributed by atoms with Gasteiger partial charge in [-0.05, 0) is 24.8 Å². The summed E-state index contributed by atoms with van der Waals surface area (Å²) in [5.74, 6) is -0.693. The molecular weight excluding hydrogens is 264 g/mol. The van der Waals surface area contributed by atoms with E-state index in [2.05, 4.69) is 5.10 Å². The number of Topliss-reactive ketones (excluding diaryl/α,β-unsaturated/α-hetero) is 2. The minimum absolute atomic E-state index is 0.0484. The van der Waals surface area contributed by atoms with Gasteiger partial charge in [-0.25, -0.2) is 0 Å². The van der Waals surface area contributed by atoms with E-state index in [4.69, 9.17) is 0 Å². The van der Waals surface area contributed by atoms with Crippen LogP contribution in [-0.2, 0) is 19.9 Å². The second-order valence-electron chi connectivity index (χ2n) is 5.49. The van der Waals surface area contributed by atoms with Crippen LogP contribution in [0.4, 0.5) is 0 Å². The Morgan fingerprint density at radius 3 is 2.90 bits per heavy atom. The summed E-state index contributed by atoms with van der Waals surface area (Å²) < 4.78 is 1.65. The van der Waals surface area contributed by atoms with E-state index in [9.17, 15) is 9.59 Å². The molecule has 0 bridgehead atoms. The topological polar surface area (TPSA) is 52.0 Å². The van der Waals surface area contributed by atoms with Crippen LogP contribution in [-0.4, -0.2) is 21.3 Å². The van der Waals surface area contributed by atoms with Gasteiger partial charge in [0, 0.05) is 18.8 Å². The Hall–Kier alpha value is -2.23. The third kappa shape index (κ3) is 2.31. The van der Waals surface area contributed by atoms with Crippen LogP contribution >= 0.6 is 0 Å². The molecule has 0 N–H and O–H groups in total. The Bertz CT molecular complexity index is 715. The average Bonchev–Trinajstić information content (AvgIpc) is 2.88. The van der Waals surface area contributed by atoms with Crippen molar-refractivity contribution in [2.24, 2.45) is 13.0 Å². The van der Waals surface area contributed by atoms with Gasteiger partial charge in [0.05, 0.1) is 17.2 Å². The predicted molar refractivity (Wildman–Crippen MR) is 79.5 cm³/mol. The van der Waals surface area contributed by atoms with E-state index >= 15 is 0 Å². The van der Waals surface area contributed by atoms with Crippen molar-refractivity contribution in [2.45, 2.75) is 26.2 Å². The molecule has 1 heterocycles. The summed E-state index contributed by atoms with van der Waals surface area (Å²) in [5.41, 5.74) is 3.12. The number of fused-ring (bicyclic) bond motifs is 1. The average molecular weight is 282 g/mol. The Morgan fingerprint density at radius 2 is 2.14 bits per heavy atom. The molecule has 108 valence electrons. The summed E-state index contributed by atoms with van der Waals surface area (Å²) in [6, 6.07) is 7.58. The number of aryl methyl sites for hydroxylation is 3. The predicted octanol–water partition coefficient (Wildman–Crippen LogP) is 2.61. The van der Waals surface area contributed by atoms with Crippen LogP contribution in [0.15, 0.2) is 30.5 Å². The fraction of sp³-hybridized carbons (Fsp3) is 0.353. The Kier molecular flexibility index (Phi) is 3.45. The third-order valence-electron chi connectivity index (χ3n) is 4.12. The summed E-state index contributed by atoms with van der Waals surface area (Å²) >= 11 is 0. The van der Waals surface area contributed by atoms with E-state index in [-0.39, 0.29) is 11.6 Å². The minimum atomic E-state index is -0.561. The molecule has 1 aromatic carbocycles. The van der Waals surface area contributed by atoms with Crippen LogP contribution in [0.2, 0.25) is 0 Å². The molecule has 1 aliphatic carbocycles. The highest BCUT2D eigenvalue weighted by molar-refractivity contribution is 6.17. The van der Waals surface area contributed by atoms with Crippen molar-refractivity contribution in [2.75, 3.05) is 0 Å². The Labute approximate surface area is 123 Å². The number of hydrogen-bond acceptors (Lipinski definition) is 3. The molecule has 4 heteroatoms. The standard InChI is InChI=1S/C17H18N2O2/c1-3-15-14(10-19(2)18-15)17(21)13-9-8-11-6-4-5-7-12(11)16(13)20/h4-7,10,13H,3,8-9H2,1-2H3. The molecule has 2 aromatic rings. The largest absolute Gasteiger partial charge is 0.293 e. The zero-order valence-corrected chi connectivity index (χ0v) is 12.3. The first kappa shape index (κ1) is 13.7. The Morgan fingerprint density at radius 1 is 1.38 bits per heavy atom. The third-order valence-corrected chi connectivity index (χ3v) is 4.12. The van der Waals surface area contributed by atoms with Crippen LogP contribution in [0.5, 0.6) is 0 Å². The molecule has 1 aliphatic rings. The maximum atomic E-state index is 12.7. The van der Waals surface area contributed by atoms with E-state index in [1.807, 2.05) is 31.2 Å². The molecule has 0 amide bonds. The van der Waals surface area contributed by atoms with Gasteiger partial charge in [-0.1, -0.05) is 31.2 Å². The van der Waals surface area contributed by atoms with Gasteiger partial charge in [-0.3, -0.25) is 14.3 Å². The van der Waals surface area contributed by atoms with Crippen molar-refractivity contribution in [1.29, 1.82) is 0 Å². The van der Waals surface area contributed by atoms with E-state index in [0.29, 0.717) is 24.0 Å². The maximum Gasteiger partial charge on any atom is 0.177 e. The molecule has 4 nitrogen and oxygen atoms in total. The van der Waals surface area contributed by atoms with Crippen LogP contribution in [0, 0.1) is 5.92 Å². The van der Waals surface area contributed by atoms with Gasteiger partial charge in [0.2, 0.25) is 0 Å². The van der Waals surface area contributed by atoms with E-state index in [0.717, 1.165) is 17.7 Å². The Balaban J connectivity index is 1.95. The number of ketones is 2. The highest BCUT2D eigenvalue weighted by Crippen LogP contribution is 2.28. The molecule has 0 saturated heterocycles. The molecule has 0 fully saturated rings. The first-order chi connectivity index (χ1) is 10.1. The molecule has 1 atom stereocenters. The molecule has 0 spiro atoms. The number of carbonyl (C=O) groups is 2. The number of hydrogen-bond donors (Lipinski definition) is 0. The molecule has 1 aromatic heterocycles. The van der Waals surface area contributed by atoms with Gasteiger partial charge in [0.1, 0.15) is 0 Å². The summed E-state index contributed by atoms with van der Waals surface area (Å²) in [7, 11) is 1.80. The molecule has 0 aliphatic heterocycles. The molecule has 3 rings (SSSR count). The fourth-order valence-electron chi connectivity index (χ4n) is 3.04. The van der Waals surface area contributed by atoms with Gasteiger partial charge in [-0.15, -0.1) is 0 Å². The second kappa shape index (κ2) is 5.28. The normalized spacial score (nSPS) is 17.6. The summed E-state index contributed by atoms with van der Waals surface area (Å²) in [4.78, 5) is 25.3. The number of benzene rings is 1. The molecule has 0 saturated carbocycles. The number of nitrogens with zero attached hydrogens (tertiary/aromatic N) is 2. The monoisotopic (exact) mass is 282 g/mol. The summed E-state index contributed by atoms with van der Waals surface area (Å²) in [6.45, 7) is 1.97. The second-order valence-corrected chi connectivity index (χ2v) is 5.49. The molecule has 1 unspecified atom stereocenters. The van der Waals surface area contributed by atoms with Crippen molar-refractivity contribution in [3.05, 3.63) is 52.8 Å². The quantitative estimate of drug-likeness (QED) is 0.642. The van der Waals surface area contributed by atoms with Crippen molar-refractivity contribution in [3.8, 4) is 0 Å². The first-order valence-electron chi connectivity index (χ1n) is 7.30. The molecule has 0 radical (unpaired) electrons. The van der Waals surface area contributed by atoms with Crippen LogP contribution in [0.1, 0.15) is 45.3 Å². The first-order valence-corrected chi connectivity index (χ1v) is 7.30. The number of aromatic nitrogens is 2. The zero-order chi connectivity index (χ0) is 15.0. The SMILES string of the molecule is CCc1nn(C)cc1C(=O)C1CCc2ccccc2C1=O. The van der Waals surface area contributed by atoms with Crippen molar-refractivity contribution < 1.29 is 9.59 Å². The molecular formula is C17H18N2O2.